The van der Waals surface area contributed by atoms with E-state index in [2.05, 4.69) is 0 Å². The number of carbonyl (C=O) groups excluding carboxylic acids is 1. The molecular formula is C15H23NO2S. The third-order valence-electron chi connectivity index (χ3n) is 3.89. The lowest BCUT2D eigenvalue weighted by atomic mass is 9.93. The number of aryl methyl sites for hydroxylation is 2. The van der Waals surface area contributed by atoms with Crippen LogP contribution in [0.5, 0.6) is 0 Å². The molecule has 1 aliphatic rings. The van der Waals surface area contributed by atoms with Crippen LogP contribution in [0.4, 0.5) is 0 Å². The minimum Gasteiger partial charge on any atom is -0.395 e. The lowest BCUT2D eigenvalue weighted by Gasteiger charge is -2.34. The Bertz CT molecular complexity index is 435. The van der Waals surface area contributed by atoms with Gasteiger partial charge in [0.25, 0.3) is 5.91 Å². The van der Waals surface area contributed by atoms with Crippen LogP contribution < -0.4 is 0 Å². The summed E-state index contributed by atoms with van der Waals surface area (Å²) in [6.45, 7) is 4.54. The largest absolute Gasteiger partial charge is 0.395 e. The first-order chi connectivity index (χ1) is 9.13. The molecule has 0 aromatic carbocycles. The van der Waals surface area contributed by atoms with Gasteiger partial charge in [-0.1, -0.05) is 19.3 Å². The first-order valence-electron chi connectivity index (χ1n) is 7.12. The third-order valence-corrected chi connectivity index (χ3v) is 4.85. The lowest BCUT2D eigenvalue weighted by molar-refractivity contribution is 0.0585. The molecule has 2 rings (SSSR count). The van der Waals surface area contributed by atoms with E-state index < -0.39 is 0 Å². The number of rotatable bonds is 4. The quantitative estimate of drug-likeness (QED) is 0.921. The molecule has 3 nitrogen and oxygen atoms in total. The van der Waals surface area contributed by atoms with E-state index in [0.717, 1.165) is 23.3 Å². The molecule has 1 heterocycles. The van der Waals surface area contributed by atoms with Gasteiger partial charge >= 0.3 is 0 Å². The van der Waals surface area contributed by atoms with Crippen molar-refractivity contribution in [2.45, 2.75) is 52.0 Å². The van der Waals surface area contributed by atoms with E-state index in [0.29, 0.717) is 12.6 Å². The summed E-state index contributed by atoms with van der Waals surface area (Å²) in [7, 11) is 0. The van der Waals surface area contributed by atoms with Gasteiger partial charge in [0.15, 0.2) is 0 Å². The summed E-state index contributed by atoms with van der Waals surface area (Å²) in [5.41, 5.74) is 0.821. The number of amides is 1. The molecule has 0 bridgehead atoms. The molecule has 0 unspecified atom stereocenters. The zero-order chi connectivity index (χ0) is 13.8. The van der Waals surface area contributed by atoms with E-state index >= 15 is 0 Å². The Balaban J connectivity index is 2.17. The standard InChI is InChI=1S/C15H23NO2S/c1-11-10-14(12(2)19-11)15(18)16(8-9-17)13-6-4-3-5-7-13/h10,13,17H,3-9H2,1-2H3. The zero-order valence-electron chi connectivity index (χ0n) is 11.8. The van der Waals surface area contributed by atoms with Crippen LogP contribution in [0.15, 0.2) is 6.07 Å². The summed E-state index contributed by atoms with van der Waals surface area (Å²) in [5, 5.41) is 9.25. The fourth-order valence-corrected chi connectivity index (χ4v) is 3.86. The van der Waals surface area contributed by atoms with E-state index in [1.54, 1.807) is 11.3 Å². The molecule has 106 valence electrons. The van der Waals surface area contributed by atoms with Gasteiger partial charge in [0.2, 0.25) is 0 Å². The number of carbonyl (C=O) groups is 1. The minimum atomic E-state index is 0.0460. The van der Waals surface area contributed by atoms with Gasteiger partial charge in [0.1, 0.15) is 0 Å². The van der Waals surface area contributed by atoms with E-state index in [-0.39, 0.29) is 12.5 Å². The van der Waals surface area contributed by atoms with Crippen molar-refractivity contribution in [3.8, 4) is 0 Å². The van der Waals surface area contributed by atoms with Gasteiger partial charge in [0, 0.05) is 22.3 Å². The second-order valence-corrected chi connectivity index (χ2v) is 6.80. The van der Waals surface area contributed by atoms with Crippen molar-refractivity contribution in [2.24, 2.45) is 0 Å². The maximum absolute atomic E-state index is 12.7. The van der Waals surface area contributed by atoms with Crippen molar-refractivity contribution in [1.29, 1.82) is 0 Å². The first kappa shape index (κ1) is 14.5. The van der Waals surface area contributed by atoms with Crippen molar-refractivity contribution >= 4 is 17.2 Å². The number of aliphatic hydroxyl groups excluding tert-OH is 1. The Labute approximate surface area is 119 Å². The Kier molecular flexibility index (Phi) is 4.99. The van der Waals surface area contributed by atoms with E-state index in [9.17, 15) is 9.90 Å². The van der Waals surface area contributed by atoms with E-state index in [1.807, 2.05) is 24.8 Å². The van der Waals surface area contributed by atoms with Crippen molar-refractivity contribution in [3.63, 3.8) is 0 Å². The summed E-state index contributed by atoms with van der Waals surface area (Å²) >= 11 is 1.67. The molecule has 0 radical (unpaired) electrons. The van der Waals surface area contributed by atoms with Crippen LogP contribution in [0.25, 0.3) is 0 Å². The molecule has 0 aliphatic heterocycles. The summed E-state index contributed by atoms with van der Waals surface area (Å²) in [4.78, 5) is 16.8. The number of hydrogen-bond acceptors (Lipinski definition) is 3. The predicted molar refractivity (Wildman–Crippen MR) is 78.8 cm³/mol. The monoisotopic (exact) mass is 281 g/mol. The van der Waals surface area contributed by atoms with Crippen LogP contribution in [0, 0.1) is 13.8 Å². The maximum atomic E-state index is 12.7. The summed E-state index contributed by atoms with van der Waals surface area (Å²) < 4.78 is 0. The molecule has 1 N–H and O–H groups in total. The second-order valence-electron chi connectivity index (χ2n) is 5.34. The van der Waals surface area contributed by atoms with Crippen LogP contribution in [0.1, 0.15) is 52.2 Å². The Hall–Kier alpha value is -0.870. The Morgan fingerprint density at radius 2 is 2.05 bits per heavy atom. The number of hydrogen-bond donors (Lipinski definition) is 1. The molecule has 19 heavy (non-hydrogen) atoms. The molecule has 1 saturated carbocycles. The van der Waals surface area contributed by atoms with Crippen LogP contribution in [0.3, 0.4) is 0 Å². The summed E-state index contributed by atoms with van der Waals surface area (Å²) in [6.07, 6.45) is 5.82. The molecule has 0 saturated heterocycles. The van der Waals surface area contributed by atoms with Crippen molar-refractivity contribution in [2.75, 3.05) is 13.2 Å². The number of thiophene rings is 1. The average molecular weight is 281 g/mol. The van der Waals surface area contributed by atoms with Crippen LogP contribution in [-0.2, 0) is 0 Å². The molecule has 4 heteroatoms. The highest BCUT2D eigenvalue weighted by Crippen LogP contribution is 2.27. The highest BCUT2D eigenvalue weighted by Gasteiger charge is 2.27. The first-order valence-corrected chi connectivity index (χ1v) is 7.94. The number of nitrogens with zero attached hydrogens (tertiary/aromatic N) is 1. The van der Waals surface area contributed by atoms with Gasteiger partial charge in [-0.3, -0.25) is 4.79 Å². The predicted octanol–water partition coefficient (Wildman–Crippen LogP) is 3.13. The SMILES string of the molecule is Cc1cc(C(=O)N(CCO)C2CCCCC2)c(C)s1. The minimum absolute atomic E-state index is 0.0460. The summed E-state index contributed by atoms with van der Waals surface area (Å²) in [6, 6.07) is 2.29. The molecule has 1 amide bonds. The zero-order valence-corrected chi connectivity index (χ0v) is 12.6. The van der Waals surface area contributed by atoms with Gasteiger partial charge in [-0.05, 0) is 32.8 Å². The fraction of sp³-hybridized carbons (Fsp3) is 0.667. The third kappa shape index (κ3) is 3.37. The molecule has 1 fully saturated rings. The van der Waals surface area contributed by atoms with Crippen molar-refractivity contribution in [3.05, 3.63) is 21.4 Å². The van der Waals surface area contributed by atoms with Gasteiger partial charge < -0.3 is 10.0 Å². The topological polar surface area (TPSA) is 40.5 Å². The van der Waals surface area contributed by atoms with Crippen LogP contribution >= 0.6 is 11.3 Å². The maximum Gasteiger partial charge on any atom is 0.255 e. The lowest BCUT2D eigenvalue weighted by Crippen LogP contribution is -2.43. The second kappa shape index (κ2) is 6.53. The molecule has 1 aromatic rings. The highest BCUT2D eigenvalue weighted by molar-refractivity contribution is 7.12. The Morgan fingerprint density at radius 3 is 2.58 bits per heavy atom. The van der Waals surface area contributed by atoms with E-state index in [1.165, 1.54) is 24.1 Å². The van der Waals surface area contributed by atoms with Crippen molar-refractivity contribution in [1.82, 2.24) is 4.90 Å². The van der Waals surface area contributed by atoms with Gasteiger partial charge in [-0.2, -0.15) is 0 Å². The van der Waals surface area contributed by atoms with Gasteiger partial charge in [-0.25, -0.2) is 0 Å². The molecular weight excluding hydrogens is 258 g/mol. The molecule has 0 atom stereocenters. The molecule has 1 aromatic heterocycles. The van der Waals surface area contributed by atoms with Gasteiger partial charge in [0.05, 0.1) is 12.2 Å². The smallest absolute Gasteiger partial charge is 0.255 e. The molecule has 0 spiro atoms. The van der Waals surface area contributed by atoms with Crippen LogP contribution in [-0.4, -0.2) is 35.1 Å². The Morgan fingerprint density at radius 1 is 1.37 bits per heavy atom. The van der Waals surface area contributed by atoms with Crippen LogP contribution in [0.2, 0.25) is 0 Å². The van der Waals surface area contributed by atoms with E-state index in [4.69, 9.17) is 0 Å². The fourth-order valence-electron chi connectivity index (χ4n) is 2.95. The molecule has 1 aliphatic carbocycles. The normalized spacial score (nSPS) is 16.6. The van der Waals surface area contributed by atoms with Gasteiger partial charge in [-0.15, -0.1) is 11.3 Å². The summed E-state index contributed by atoms with van der Waals surface area (Å²) in [5.74, 6) is 0.0998. The number of aliphatic hydroxyl groups is 1. The average Bonchev–Trinajstić information content (AvgIpc) is 2.75. The van der Waals surface area contributed by atoms with Crippen molar-refractivity contribution < 1.29 is 9.90 Å². The highest BCUT2D eigenvalue weighted by atomic mass is 32.1.